The van der Waals surface area contributed by atoms with E-state index in [1.807, 2.05) is 45.2 Å². The first-order valence-electron chi connectivity index (χ1n) is 13.4. The zero-order chi connectivity index (χ0) is 27.7. The highest BCUT2D eigenvalue weighted by Gasteiger charge is 2.31. The first kappa shape index (κ1) is 27.4. The minimum atomic E-state index is -3.77. The van der Waals surface area contributed by atoms with Gasteiger partial charge in [0.05, 0.1) is 16.1 Å². The molecule has 0 atom stereocenters. The third kappa shape index (κ3) is 5.20. The second-order valence-corrected chi connectivity index (χ2v) is 12.9. The largest absolute Gasteiger partial charge is 0.339 e. The third-order valence-electron chi connectivity index (χ3n) is 7.51. The number of nitrogens with zero attached hydrogens (tertiary/aromatic N) is 3. The van der Waals surface area contributed by atoms with Crippen LogP contribution in [-0.2, 0) is 29.4 Å². The van der Waals surface area contributed by atoms with E-state index in [1.54, 1.807) is 4.90 Å². The molecule has 39 heavy (non-hydrogen) atoms. The summed E-state index contributed by atoms with van der Waals surface area (Å²) in [4.78, 5) is 32.0. The Bertz CT molecular complexity index is 1490. The molecule has 5 rings (SSSR count). The smallest absolute Gasteiger partial charge is 0.264 e. The molecule has 2 aromatic carbocycles. The monoisotopic (exact) mass is 566 g/mol. The summed E-state index contributed by atoms with van der Waals surface area (Å²) in [5.41, 5.74) is 3.67. The Labute approximate surface area is 234 Å². The normalized spacial score (nSPS) is 15.4. The summed E-state index contributed by atoms with van der Waals surface area (Å²) < 4.78 is 28.4. The summed E-state index contributed by atoms with van der Waals surface area (Å²) >= 11 is 1.45. The van der Waals surface area contributed by atoms with Gasteiger partial charge in [0.1, 0.15) is 5.00 Å². The van der Waals surface area contributed by atoms with Gasteiger partial charge in [-0.15, -0.1) is 11.3 Å². The molecule has 8 nitrogen and oxygen atoms in total. The van der Waals surface area contributed by atoms with E-state index in [9.17, 15) is 18.0 Å². The minimum Gasteiger partial charge on any atom is -0.339 e. The lowest BCUT2D eigenvalue weighted by atomic mass is 10.0. The van der Waals surface area contributed by atoms with Crippen LogP contribution in [0.15, 0.2) is 53.4 Å². The summed E-state index contributed by atoms with van der Waals surface area (Å²) in [6, 6.07) is 13.6. The zero-order valence-corrected chi connectivity index (χ0v) is 24.2. The van der Waals surface area contributed by atoms with Crippen LogP contribution in [0.1, 0.15) is 57.0 Å². The maximum atomic E-state index is 13.5. The van der Waals surface area contributed by atoms with Crippen molar-refractivity contribution >= 4 is 43.9 Å². The van der Waals surface area contributed by atoms with Gasteiger partial charge in [-0.1, -0.05) is 18.2 Å². The molecule has 2 aliphatic rings. The predicted octanol–water partition coefficient (Wildman–Crippen LogP) is 4.61. The Morgan fingerprint density at radius 1 is 1.00 bits per heavy atom. The molecule has 1 aromatic heterocycles. The quantitative estimate of drug-likeness (QED) is 0.451. The molecular formula is C29H34N4O4S2. The van der Waals surface area contributed by atoms with Gasteiger partial charge in [0.25, 0.3) is 21.8 Å². The van der Waals surface area contributed by atoms with Crippen molar-refractivity contribution in [1.29, 1.82) is 0 Å². The van der Waals surface area contributed by atoms with Crippen LogP contribution in [0.4, 0.5) is 10.7 Å². The van der Waals surface area contributed by atoms with Crippen LogP contribution in [0.2, 0.25) is 0 Å². The van der Waals surface area contributed by atoms with Crippen molar-refractivity contribution in [1.82, 2.24) is 9.80 Å². The number of thiophene rings is 1. The summed E-state index contributed by atoms with van der Waals surface area (Å²) in [6.07, 6.45) is 2.36. The Kier molecular flexibility index (Phi) is 7.80. The number of benzene rings is 2. The molecule has 0 aliphatic carbocycles. The van der Waals surface area contributed by atoms with E-state index in [4.69, 9.17) is 0 Å². The second-order valence-electron chi connectivity index (χ2n) is 9.96. The second kappa shape index (κ2) is 11.1. The molecule has 0 saturated carbocycles. The van der Waals surface area contributed by atoms with Gasteiger partial charge >= 0.3 is 0 Å². The van der Waals surface area contributed by atoms with Crippen LogP contribution in [0, 0.1) is 0 Å². The van der Waals surface area contributed by atoms with Gasteiger partial charge in [-0.05, 0) is 81.6 Å². The van der Waals surface area contributed by atoms with E-state index in [2.05, 4.69) is 10.2 Å². The number of amides is 2. The molecule has 2 aliphatic heterocycles. The SMILES string of the molecule is CCN(CC)C(=O)c1c(NC(=O)c2ccc(S(=O)(=O)N3CCCc4ccccc43)cc2)sc2c1CCN(C)C2. The lowest BCUT2D eigenvalue weighted by Gasteiger charge is -2.30. The van der Waals surface area contributed by atoms with Crippen LogP contribution >= 0.6 is 11.3 Å². The van der Waals surface area contributed by atoms with Gasteiger partial charge in [-0.2, -0.15) is 0 Å². The highest BCUT2D eigenvalue weighted by Crippen LogP contribution is 2.38. The van der Waals surface area contributed by atoms with Crippen molar-refractivity contribution in [3.05, 3.63) is 75.7 Å². The van der Waals surface area contributed by atoms with Crippen molar-refractivity contribution in [2.24, 2.45) is 0 Å². The first-order chi connectivity index (χ1) is 18.7. The van der Waals surface area contributed by atoms with Crippen LogP contribution in [0.25, 0.3) is 0 Å². The molecule has 206 valence electrons. The number of sulfonamides is 1. The van der Waals surface area contributed by atoms with Gasteiger partial charge in [0, 0.05) is 43.2 Å². The molecule has 0 radical (unpaired) electrons. The molecule has 3 heterocycles. The molecule has 0 bridgehead atoms. The van der Waals surface area contributed by atoms with E-state index in [-0.39, 0.29) is 16.7 Å². The van der Waals surface area contributed by atoms with E-state index in [0.29, 0.717) is 41.4 Å². The standard InChI is InChI=1S/C29H34N4O4S2/c1-4-32(5-2)29(35)26-23-16-18-31(3)19-25(23)38-28(26)30-27(34)21-12-14-22(15-13-21)39(36,37)33-17-8-10-20-9-6-7-11-24(20)33/h6-7,9,11-15H,4-5,8,10,16-19H2,1-3H3,(H,30,34). The average molecular weight is 567 g/mol. The summed E-state index contributed by atoms with van der Waals surface area (Å²) in [6.45, 7) is 7.08. The highest BCUT2D eigenvalue weighted by atomic mass is 32.2. The Morgan fingerprint density at radius 2 is 1.72 bits per heavy atom. The number of nitrogens with one attached hydrogen (secondary N) is 1. The molecule has 0 unspecified atom stereocenters. The van der Waals surface area contributed by atoms with Crippen molar-refractivity contribution in [3.63, 3.8) is 0 Å². The lowest BCUT2D eigenvalue weighted by molar-refractivity contribution is 0.0772. The number of carbonyl (C=O) groups excluding carboxylic acids is 2. The van der Waals surface area contributed by atoms with Crippen molar-refractivity contribution in [2.45, 2.75) is 44.6 Å². The van der Waals surface area contributed by atoms with Gasteiger partial charge < -0.3 is 15.1 Å². The molecule has 1 N–H and O–H groups in total. The number of hydrogen-bond acceptors (Lipinski definition) is 6. The number of para-hydroxylation sites is 1. The molecule has 3 aromatic rings. The van der Waals surface area contributed by atoms with Crippen LogP contribution in [-0.4, -0.2) is 63.3 Å². The summed E-state index contributed by atoms with van der Waals surface area (Å²) in [5, 5.41) is 3.53. The summed E-state index contributed by atoms with van der Waals surface area (Å²) in [7, 11) is -1.72. The van der Waals surface area contributed by atoms with Gasteiger partial charge in [0.15, 0.2) is 0 Å². The number of aryl methyl sites for hydroxylation is 1. The fourth-order valence-electron chi connectivity index (χ4n) is 5.34. The number of hydrogen-bond donors (Lipinski definition) is 1. The molecular weight excluding hydrogens is 532 g/mol. The number of anilines is 2. The first-order valence-corrected chi connectivity index (χ1v) is 15.6. The molecule has 0 spiro atoms. The van der Waals surface area contributed by atoms with Crippen molar-refractivity contribution in [3.8, 4) is 0 Å². The topological polar surface area (TPSA) is 90.0 Å². The Hall–Kier alpha value is -3.21. The van der Waals surface area contributed by atoms with Gasteiger partial charge in [-0.3, -0.25) is 13.9 Å². The Balaban J connectivity index is 1.40. The van der Waals surface area contributed by atoms with E-state index < -0.39 is 10.0 Å². The fraction of sp³-hybridized carbons (Fsp3) is 0.379. The number of rotatable bonds is 7. The number of carbonyl (C=O) groups is 2. The lowest BCUT2D eigenvalue weighted by Crippen LogP contribution is -2.35. The van der Waals surface area contributed by atoms with E-state index in [1.165, 1.54) is 39.9 Å². The average Bonchev–Trinajstić information content (AvgIpc) is 3.29. The van der Waals surface area contributed by atoms with Gasteiger partial charge in [0.2, 0.25) is 0 Å². The van der Waals surface area contributed by atoms with Crippen LogP contribution in [0.3, 0.4) is 0 Å². The third-order valence-corrected chi connectivity index (χ3v) is 10.5. The molecule has 10 heteroatoms. The molecule has 0 fully saturated rings. The van der Waals surface area contributed by atoms with Crippen LogP contribution in [0.5, 0.6) is 0 Å². The zero-order valence-electron chi connectivity index (χ0n) is 22.6. The van der Waals surface area contributed by atoms with E-state index in [0.717, 1.165) is 48.4 Å². The van der Waals surface area contributed by atoms with Crippen molar-refractivity contribution in [2.75, 3.05) is 42.8 Å². The number of fused-ring (bicyclic) bond motifs is 2. The maximum Gasteiger partial charge on any atom is 0.264 e. The van der Waals surface area contributed by atoms with Gasteiger partial charge in [-0.25, -0.2) is 8.42 Å². The number of likely N-dealkylation sites (N-methyl/N-ethyl adjacent to an activating group) is 1. The van der Waals surface area contributed by atoms with Crippen LogP contribution < -0.4 is 9.62 Å². The molecule has 2 amide bonds. The maximum absolute atomic E-state index is 13.5. The summed E-state index contributed by atoms with van der Waals surface area (Å²) in [5.74, 6) is -0.441. The highest BCUT2D eigenvalue weighted by molar-refractivity contribution is 7.92. The minimum absolute atomic E-state index is 0.0689. The fourth-order valence-corrected chi connectivity index (χ4v) is 8.20. The predicted molar refractivity (Wildman–Crippen MR) is 155 cm³/mol. The van der Waals surface area contributed by atoms with Crippen molar-refractivity contribution < 1.29 is 18.0 Å². The van der Waals surface area contributed by atoms with E-state index >= 15 is 0 Å². The molecule has 0 saturated heterocycles. The Morgan fingerprint density at radius 3 is 2.44 bits per heavy atom.